The Morgan fingerprint density at radius 3 is 2.78 bits per heavy atom. The Labute approximate surface area is 192 Å². The van der Waals surface area contributed by atoms with Gasteiger partial charge in [0, 0.05) is 43.5 Å². The van der Waals surface area contributed by atoms with Crippen molar-refractivity contribution in [2.75, 3.05) is 63.7 Å². The monoisotopic (exact) mass is 456 g/mol. The second-order valence-corrected chi connectivity index (χ2v) is 10.2. The molecule has 2 aliphatic heterocycles. The Morgan fingerprint density at radius 1 is 1.22 bits per heavy atom. The molecule has 1 fully saturated rings. The summed E-state index contributed by atoms with van der Waals surface area (Å²) in [7, 11) is 4.15. The summed E-state index contributed by atoms with van der Waals surface area (Å²) in [4.78, 5) is 20.0. The van der Waals surface area contributed by atoms with E-state index in [4.69, 9.17) is 19.4 Å². The van der Waals surface area contributed by atoms with Crippen molar-refractivity contribution >= 4 is 43.4 Å². The van der Waals surface area contributed by atoms with Crippen LogP contribution in [0.25, 0.3) is 20.4 Å². The number of likely N-dealkylation sites (N-methyl/N-ethyl adjacent to an activating group) is 1. The number of ether oxygens (including phenoxy) is 2. The van der Waals surface area contributed by atoms with E-state index >= 15 is 0 Å². The molecule has 3 aromatic heterocycles. The van der Waals surface area contributed by atoms with Crippen molar-refractivity contribution in [3.8, 4) is 0 Å². The van der Waals surface area contributed by atoms with Crippen LogP contribution in [0.3, 0.4) is 0 Å². The molecule has 0 aromatic carbocycles. The van der Waals surface area contributed by atoms with Crippen molar-refractivity contribution < 1.29 is 9.47 Å². The summed E-state index contributed by atoms with van der Waals surface area (Å²) in [5, 5.41) is 4.68. The summed E-state index contributed by atoms with van der Waals surface area (Å²) in [5.74, 6) is 1.95. The highest BCUT2D eigenvalue weighted by atomic mass is 32.1. The molecule has 2 aliphatic rings. The average Bonchev–Trinajstić information content (AvgIpc) is 3.18. The zero-order valence-corrected chi connectivity index (χ0v) is 20.2. The van der Waals surface area contributed by atoms with Crippen LogP contribution >= 0.6 is 11.3 Å². The van der Waals surface area contributed by atoms with Gasteiger partial charge in [-0.3, -0.25) is 0 Å². The number of fused-ring (bicyclic) bond motifs is 5. The molecule has 0 aliphatic carbocycles. The SMILES string of the molecule is CC[C@@]1(C)Cc2c(c(N3CCOCC3)nc3sc4c(NCCN(C)C)ncnc4c23)CO1. The topological polar surface area (TPSA) is 75.6 Å². The van der Waals surface area contributed by atoms with E-state index in [2.05, 4.69) is 48.0 Å². The summed E-state index contributed by atoms with van der Waals surface area (Å²) in [6, 6.07) is 0. The summed E-state index contributed by atoms with van der Waals surface area (Å²) < 4.78 is 13.0. The zero-order chi connectivity index (χ0) is 22.3. The van der Waals surface area contributed by atoms with Gasteiger partial charge < -0.3 is 24.6 Å². The van der Waals surface area contributed by atoms with Gasteiger partial charge >= 0.3 is 0 Å². The molecule has 1 atom stereocenters. The number of rotatable bonds is 6. The lowest BCUT2D eigenvalue weighted by Crippen LogP contribution is -2.40. The van der Waals surface area contributed by atoms with Gasteiger partial charge in [0.15, 0.2) is 0 Å². The molecule has 0 spiro atoms. The van der Waals surface area contributed by atoms with E-state index in [-0.39, 0.29) is 5.60 Å². The maximum Gasteiger partial charge on any atom is 0.147 e. The van der Waals surface area contributed by atoms with Gasteiger partial charge in [-0.25, -0.2) is 15.0 Å². The fourth-order valence-electron chi connectivity index (χ4n) is 4.50. The molecule has 5 heterocycles. The van der Waals surface area contributed by atoms with Crippen molar-refractivity contribution in [1.82, 2.24) is 19.9 Å². The number of hydrogen-bond donors (Lipinski definition) is 1. The predicted octanol–water partition coefficient (Wildman–Crippen LogP) is 3.29. The highest BCUT2D eigenvalue weighted by Crippen LogP contribution is 2.44. The first kappa shape index (κ1) is 21.8. The third kappa shape index (κ3) is 3.91. The van der Waals surface area contributed by atoms with E-state index in [9.17, 15) is 0 Å². The second-order valence-electron chi connectivity index (χ2n) is 9.17. The van der Waals surface area contributed by atoms with Gasteiger partial charge in [-0.05, 0) is 33.0 Å². The van der Waals surface area contributed by atoms with Crippen molar-refractivity contribution in [2.24, 2.45) is 0 Å². The molecule has 0 saturated carbocycles. The molecule has 0 unspecified atom stereocenters. The standard InChI is InChI=1S/C23H32N6O2S/c1-5-23(2)12-15-16(13-31-23)21(29-8-10-30-11-9-29)27-22-17(15)18-19(32-22)20(26-14-25-18)24-6-7-28(3)4/h14H,5-13H2,1-4H3,(H,24,25,26)/t23-/m0/s1. The summed E-state index contributed by atoms with van der Waals surface area (Å²) >= 11 is 1.69. The minimum atomic E-state index is -0.169. The summed E-state index contributed by atoms with van der Waals surface area (Å²) in [6.45, 7) is 9.97. The van der Waals surface area contributed by atoms with E-state index in [0.29, 0.717) is 6.61 Å². The highest BCUT2D eigenvalue weighted by Gasteiger charge is 2.35. The number of hydrogen-bond acceptors (Lipinski definition) is 9. The van der Waals surface area contributed by atoms with Crippen LogP contribution in [0.15, 0.2) is 6.33 Å². The lowest BCUT2D eigenvalue weighted by molar-refractivity contribution is -0.0558. The van der Waals surface area contributed by atoms with Crippen LogP contribution in [0.1, 0.15) is 31.4 Å². The van der Waals surface area contributed by atoms with Gasteiger partial charge in [0.25, 0.3) is 0 Å². The number of anilines is 2. The Balaban J connectivity index is 1.67. The van der Waals surface area contributed by atoms with Crippen molar-refractivity contribution in [3.63, 3.8) is 0 Å². The van der Waals surface area contributed by atoms with Gasteiger partial charge in [-0.1, -0.05) is 6.92 Å². The van der Waals surface area contributed by atoms with E-state index < -0.39 is 0 Å². The van der Waals surface area contributed by atoms with Crippen LogP contribution < -0.4 is 10.2 Å². The molecular formula is C23H32N6O2S. The third-order valence-corrected chi connectivity index (χ3v) is 7.70. The molecule has 9 heteroatoms. The first-order chi connectivity index (χ1) is 15.5. The number of morpholine rings is 1. The molecule has 3 aromatic rings. The van der Waals surface area contributed by atoms with Gasteiger partial charge in [0.2, 0.25) is 0 Å². The van der Waals surface area contributed by atoms with E-state index in [0.717, 1.165) is 78.9 Å². The fourth-order valence-corrected chi connectivity index (χ4v) is 5.62. The average molecular weight is 457 g/mol. The Kier molecular flexibility index (Phi) is 5.92. The molecule has 172 valence electrons. The fraction of sp³-hybridized carbons (Fsp3) is 0.609. The van der Waals surface area contributed by atoms with Crippen LogP contribution in [-0.4, -0.2) is 78.9 Å². The number of pyridine rings is 1. The van der Waals surface area contributed by atoms with Crippen LogP contribution in [0.2, 0.25) is 0 Å². The first-order valence-corrected chi connectivity index (χ1v) is 12.2. The van der Waals surface area contributed by atoms with Gasteiger partial charge in [0.05, 0.1) is 35.6 Å². The van der Waals surface area contributed by atoms with Crippen LogP contribution in [0.4, 0.5) is 11.6 Å². The number of nitrogens with one attached hydrogen (secondary N) is 1. The van der Waals surface area contributed by atoms with E-state index in [1.807, 2.05) is 0 Å². The Hall–Kier alpha value is -2.07. The lowest BCUT2D eigenvalue weighted by Gasteiger charge is -2.37. The zero-order valence-electron chi connectivity index (χ0n) is 19.4. The highest BCUT2D eigenvalue weighted by molar-refractivity contribution is 7.26. The van der Waals surface area contributed by atoms with Gasteiger partial charge in [-0.15, -0.1) is 11.3 Å². The number of thiophene rings is 1. The largest absolute Gasteiger partial charge is 0.378 e. The first-order valence-electron chi connectivity index (χ1n) is 11.4. The Bertz CT molecular complexity index is 1130. The van der Waals surface area contributed by atoms with E-state index in [1.165, 1.54) is 16.5 Å². The van der Waals surface area contributed by atoms with Gasteiger partial charge in [-0.2, -0.15) is 0 Å². The van der Waals surface area contributed by atoms with Crippen molar-refractivity contribution in [1.29, 1.82) is 0 Å². The normalized spacial score (nSPS) is 21.5. The van der Waals surface area contributed by atoms with Crippen LogP contribution in [0.5, 0.6) is 0 Å². The second kappa shape index (κ2) is 8.70. The summed E-state index contributed by atoms with van der Waals surface area (Å²) in [5.41, 5.74) is 3.39. The third-order valence-electron chi connectivity index (χ3n) is 6.62. The number of nitrogens with zero attached hydrogens (tertiary/aromatic N) is 5. The molecular weight excluding hydrogens is 424 g/mol. The predicted molar refractivity (Wildman–Crippen MR) is 130 cm³/mol. The maximum atomic E-state index is 6.37. The van der Waals surface area contributed by atoms with Gasteiger partial charge in [0.1, 0.15) is 22.8 Å². The Morgan fingerprint density at radius 2 is 2.03 bits per heavy atom. The maximum absolute atomic E-state index is 6.37. The van der Waals surface area contributed by atoms with Crippen LogP contribution in [0, 0.1) is 0 Å². The molecule has 32 heavy (non-hydrogen) atoms. The molecule has 1 saturated heterocycles. The summed E-state index contributed by atoms with van der Waals surface area (Å²) in [6.07, 6.45) is 3.51. The smallest absolute Gasteiger partial charge is 0.147 e. The lowest BCUT2D eigenvalue weighted by atomic mass is 9.87. The molecule has 0 amide bonds. The molecule has 0 radical (unpaired) electrons. The quantitative estimate of drug-likeness (QED) is 0.606. The minimum Gasteiger partial charge on any atom is -0.378 e. The molecule has 5 rings (SSSR count). The molecule has 1 N–H and O–H groups in total. The van der Waals surface area contributed by atoms with Crippen molar-refractivity contribution in [3.05, 3.63) is 17.5 Å². The minimum absolute atomic E-state index is 0.169. The molecule has 0 bridgehead atoms. The molecule has 8 nitrogen and oxygen atoms in total. The van der Waals surface area contributed by atoms with E-state index in [1.54, 1.807) is 17.7 Å². The van der Waals surface area contributed by atoms with Crippen molar-refractivity contribution in [2.45, 2.75) is 38.9 Å². The number of aromatic nitrogens is 3. The van der Waals surface area contributed by atoms with Crippen LogP contribution in [-0.2, 0) is 22.5 Å².